The van der Waals surface area contributed by atoms with Crippen molar-refractivity contribution in [1.29, 1.82) is 0 Å². The van der Waals surface area contributed by atoms with Crippen LogP contribution in [0.5, 0.6) is 0 Å². The Morgan fingerprint density at radius 3 is 2.61 bits per heavy atom. The molecule has 6 nitrogen and oxygen atoms in total. The molecule has 0 atom stereocenters. The Hall–Kier alpha value is -1.92. The lowest BCUT2D eigenvalue weighted by Gasteiger charge is -2.03. The predicted octanol–water partition coefficient (Wildman–Crippen LogP) is 3.30. The maximum atomic E-state index is 12.3. The van der Waals surface area contributed by atoms with E-state index >= 15 is 0 Å². The number of unbranched alkanes of at least 4 members (excludes halogenated alkanes) is 1. The number of hydrogen-bond donors (Lipinski definition) is 0. The van der Waals surface area contributed by atoms with Gasteiger partial charge in [0.25, 0.3) is 0 Å². The maximum Gasteiger partial charge on any atom is 0.331 e. The SMILES string of the molecule is CCCCn1c(=O)n(C)c2nc(-c3ccc(Cl)c(Cl)c3)nnc21. The zero-order chi connectivity index (χ0) is 16.6. The highest BCUT2D eigenvalue weighted by Gasteiger charge is 2.15. The van der Waals surface area contributed by atoms with Gasteiger partial charge in [-0.1, -0.05) is 36.5 Å². The summed E-state index contributed by atoms with van der Waals surface area (Å²) in [6.45, 7) is 2.68. The van der Waals surface area contributed by atoms with Gasteiger partial charge in [-0.2, -0.15) is 0 Å². The van der Waals surface area contributed by atoms with Gasteiger partial charge in [0.05, 0.1) is 10.0 Å². The smallest absolute Gasteiger partial charge is 0.278 e. The van der Waals surface area contributed by atoms with Crippen molar-refractivity contribution in [2.24, 2.45) is 7.05 Å². The lowest BCUT2D eigenvalue weighted by Crippen LogP contribution is -2.22. The minimum Gasteiger partial charge on any atom is -0.278 e. The van der Waals surface area contributed by atoms with Crippen LogP contribution in [0.25, 0.3) is 22.7 Å². The number of imidazole rings is 1. The van der Waals surface area contributed by atoms with Crippen molar-refractivity contribution < 1.29 is 0 Å². The molecule has 2 heterocycles. The van der Waals surface area contributed by atoms with Gasteiger partial charge >= 0.3 is 5.69 Å². The van der Waals surface area contributed by atoms with Gasteiger partial charge in [-0.05, 0) is 24.6 Å². The van der Waals surface area contributed by atoms with Crippen LogP contribution in [0.4, 0.5) is 0 Å². The van der Waals surface area contributed by atoms with Gasteiger partial charge < -0.3 is 0 Å². The molecule has 3 aromatic rings. The van der Waals surface area contributed by atoms with Crippen molar-refractivity contribution in [3.8, 4) is 11.4 Å². The highest BCUT2D eigenvalue weighted by molar-refractivity contribution is 6.42. The van der Waals surface area contributed by atoms with Crippen LogP contribution >= 0.6 is 23.2 Å². The Morgan fingerprint density at radius 2 is 1.91 bits per heavy atom. The van der Waals surface area contributed by atoms with Crippen molar-refractivity contribution in [2.75, 3.05) is 0 Å². The zero-order valence-corrected chi connectivity index (χ0v) is 14.3. The van der Waals surface area contributed by atoms with Crippen molar-refractivity contribution in [3.63, 3.8) is 0 Å². The van der Waals surface area contributed by atoms with E-state index < -0.39 is 0 Å². The Labute approximate surface area is 142 Å². The summed E-state index contributed by atoms with van der Waals surface area (Å²) in [7, 11) is 1.68. The molecule has 0 saturated heterocycles. The molecule has 8 heteroatoms. The summed E-state index contributed by atoms with van der Waals surface area (Å²) in [6, 6.07) is 5.13. The maximum absolute atomic E-state index is 12.3. The Morgan fingerprint density at radius 1 is 1.13 bits per heavy atom. The average molecular weight is 352 g/mol. The van der Waals surface area contributed by atoms with E-state index in [0.29, 0.717) is 39.3 Å². The van der Waals surface area contributed by atoms with Gasteiger partial charge in [0.15, 0.2) is 11.5 Å². The molecule has 0 fully saturated rings. The van der Waals surface area contributed by atoms with E-state index in [2.05, 4.69) is 22.1 Å². The Bertz CT molecular complexity index is 931. The topological polar surface area (TPSA) is 65.6 Å². The van der Waals surface area contributed by atoms with E-state index in [1.54, 1.807) is 29.8 Å². The first kappa shape index (κ1) is 16.0. The fraction of sp³-hybridized carbons (Fsp3) is 0.333. The Balaban J connectivity index is 2.14. The second-order valence-corrected chi connectivity index (χ2v) is 6.07. The number of aryl methyl sites for hydroxylation is 2. The van der Waals surface area contributed by atoms with Crippen LogP contribution in [-0.4, -0.2) is 24.3 Å². The number of fused-ring (bicyclic) bond motifs is 1. The van der Waals surface area contributed by atoms with Gasteiger partial charge in [0.2, 0.25) is 5.65 Å². The second-order valence-electron chi connectivity index (χ2n) is 5.26. The van der Waals surface area contributed by atoms with Crippen LogP contribution in [0.15, 0.2) is 23.0 Å². The molecule has 3 rings (SSSR count). The summed E-state index contributed by atoms with van der Waals surface area (Å²) >= 11 is 12.0. The molecule has 0 saturated carbocycles. The summed E-state index contributed by atoms with van der Waals surface area (Å²) < 4.78 is 3.10. The van der Waals surface area contributed by atoms with E-state index in [1.165, 1.54) is 4.57 Å². The number of hydrogen-bond acceptors (Lipinski definition) is 4. The highest BCUT2D eigenvalue weighted by Crippen LogP contribution is 2.27. The minimum atomic E-state index is -0.137. The van der Waals surface area contributed by atoms with Gasteiger partial charge in [-0.3, -0.25) is 9.13 Å². The molecule has 1 aromatic carbocycles. The van der Waals surface area contributed by atoms with Gasteiger partial charge in [-0.15, -0.1) is 10.2 Å². The molecule has 0 amide bonds. The third-order valence-electron chi connectivity index (χ3n) is 3.66. The molecular weight excluding hydrogens is 337 g/mol. The first-order chi connectivity index (χ1) is 11.0. The standard InChI is InChI=1S/C15H15Cl2N5O/c1-3-4-7-22-14-13(21(2)15(22)23)18-12(19-20-14)9-5-6-10(16)11(17)8-9/h5-6,8H,3-4,7H2,1-2H3. The molecule has 0 unspecified atom stereocenters. The molecule has 0 aliphatic heterocycles. The van der Waals surface area contributed by atoms with Crippen LogP contribution in [0.2, 0.25) is 10.0 Å². The van der Waals surface area contributed by atoms with Gasteiger partial charge in [0, 0.05) is 19.2 Å². The summed E-state index contributed by atoms with van der Waals surface area (Å²) in [4.78, 5) is 16.8. The van der Waals surface area contributed by atoms with Crippen molar-refractivity contribution in [2.45, 2.75) is 26.3 Å². The fourth-order valence-electron chi connectivity index (χ4n) is 2.35. The van der Waals surface area contributed by atoms with E-state index in [4.69, 9.17) is 23.2 Å². The molecule has 120 valence electrons. The molecule has 23 heavy (non-hydrogen) atoms. The summed E-state index contributed by atoms with van der Waals surface area (Å²) in [5.41, 5.74) is 1.56. The normalized spacial score (nSPS) is 11.3. The molecule has 0 N–H and O–H groups in total. The third kappa shape index (κ3) is 2.84. The molecule has 0 bridgehead atoms. The lowest BCUT2D eigenvalue weighted by molar-refractivity contribution is 0.610. The average Bonchev–Trinajstić information content (AvgIpc) is 2.79. The van der Waals surface area contributed by atoms with Crippen LogP contribution in [0.1, 0.15) is 19.8 Å². The van der Waals surface area contributed by atoms with Crippen molar-refractivity contribution in [1.82, 2.24) is 24.3 Å². The lowest BCUT2D eigenvalue weighted by atomic mass is 10.2. The summed E-state index contributed by atoms with van der Waals surface area (Å²) in [5.74, 6) is 0.402. The molecular formula is C15H15Cl2N5O. The number of benzene rings is 1. The quantitative estimate of drug-likeness (QED) is 0.723. The number of rotatable bonds is 4. The highest BCUT2D eigenvalue weighted by atomic mass is 35.5. The van der Waals surface area contributed by atoms with Crippen LogP contribution in [-0.2, 0) is 13.6 Å². The number of aromatic nitrogens is 5. The van der Waals surface area contributed by atoms with Crippen molar-refractivity contribution >= 4 is 34.5 Å². The third-order valence-corrected chi connectivity index (χ3v) is 4.39. The van der Waals surface area contributed by atoms with Crippen LogP contribution in [0, 0.1) is 0 Å². The number of nitrogens with zero attached hydrogens (tertiary/aromatic N) is 5. The first-order valence-corrected chi connectivity index (χ1v) is 8.04. The van der Waals surface area contributed by atoms with Crippen molar-refractivity contribution in [3.05, 3.63) is 38.7 Å². The van der Waals surface area contributed by atoms with E-state index in [1.807, 2.05) is 0 Å². The monoisotopic (exact) mass is 351 g/mol. The van der Waals surface area contributed by atoms with Gasteiger partial charge in [0.1, 0.15) is 0 Å². The predicted molar refractivity (Wildman–Crippen MR) is 90.9 cm³/mol. The summed E-state index contributed by atoms with van der Waals surface area (Å²) in [5, 5.41) is 9.21. The largest absolute Gasteiger partial charge is 0.331 e. The van der Waals surface area contributed by atoms with Crippen LogP contribution < -0.4 is 5.69 Å². The number of halogens is 2. The molecule has 0 aliphatic rings. The fourth-order valence-corrected chi connectivity index (χ4v) is 2.65. The van der Waals surface area contributed by atoms with E-state index in [-0.39, 0.29) is 5.69 Å². The molecule has 2 aromatic heterocycles. The minimum absolute atomic E-state index is 0.137. The summed E-state index contributed by atoms with van der Waals surface area (Å²) in [6.07, 6.45) is 1.89. The molecule has 0 radical (unpaired) electrons. The Kier molecular flexibility index (Phi) is 4.37. The zero-order valence-electron chi connectivity index (χ0n) is 12.8. The second kappa shape index (κ2) is 6.29. The first-order valence-electron chi connectivity index (χ1n) is 7.28. The van der Waals surface area contributed by atoms with E-state index in [9.17, 15) is 4.79 Å². The van der Waals surface area contributed by atoms with E-state index in [0.717, 1.165) is 12.8 Å². The van der Waals surface area contributed by atoms with Crippen LogP contribution in [0.3, 0.4) is 0 Å². The molecule has 0 aliphatic carbocycles. The molecule has 0 spiro atoms. The van der Waals surface area contributed by atoms with Gasteiger partial charge in [-0.25, -0.2) is 9.78 Å².